The van der Waals surface area contributed by atoms with Crippen molar-refractivity contribution in [2.24, 2.45) is 4.99 Å². The lowest BCUT2D eigenvalue weighted by Gasteiger charge is -2.12. The third kappa shape index (κ3) is 6.42. The van der Waals surface area contributed by atoms with Gasteiger partial charge in [-0.2, -0.15) is 0 Å². The molecule has 0 atom stereocenters. The number of aryl methyl sites for hydroxylation is 2. The summed E-state index contributed by atoms with van der Waals surface area (Å²) in [6, 6.07) is 8.33. The molecule has 0 aliphatic carbocycles. The Morgan fingerprint density at radius 1 is 1.15 bits per heavy atom. The summed E-state index contributed by atoms with van der Waals surface area (Å²) in [7, 11) is 0. The van der Waals surface area contributed by atoms with Crippen molar-refractivity contribution in [1.82, 2.24) is 15.6 Å². The van der Waals surface area contributed by atoms with Crippen LogP contribution >= 0.6 is 11.3 Å². The van der Waals surface area contributed by atoms with E-state index in [1.807, 2.05) is 6.92 Å². The summed E-state index contributed by atoms with van der Waals surface area (Å²) in [5.74, 6) is 0.808. The van der Waals surface area contributed by atoms with E-state index in [4.69, 9.17) is 9.73 Å². The molecule has 6 heteroatoms. The minimum absolute atomic E-state index is 0.622. The second-order valence-electron chi connectivity index (χ2n) is 6.12. The maximum atomic E-state index is 5.70. The van der Waals surface area contributed by atoms with Gasteiger partial charge >= 0.3 is 0 Å². The van der Waals surface area contributed by atoms with Gasteiger partial charge in [-0.25, -0.2) is 9.98 Å². The van der Waals surface area contributed by atoms with E-state index in [0.717, 1.165) is 36.2 Å². The molecule has 5 nitrogen and oxygen atoms in total. The van der Waals surface area contributed by atoms with Gasteiger partial charge in [0.25, 0.3) is 0 Å². The Labute approximate surface area is 160 Å². The van der Waals surface area contributed by atoms with Gasteiger partial charge in [0.15, 0.2) is 5.96 Å². The fraction of sp³-hybridized carbons (Fsp3) is 0.500. The van der Waals surface area contributed by atoms with Crippen molar-refractivity contribution in [2.75, 3.05) is 13.2 Å². The SMILES string of the molecule is CCCOCc1ccccc1CN=C(NCC)NCc1nc(C)c(C)s1. The standard InChI is InChI=1S/C20H30N4OS/c1-5-11-25-14-18-10-8-7-9-17(18)12-22-20(21-6-2)23-13-19-24-15(3)16(4)26-19/h7-10H,5-6,11-14H2,1-4H3,(H2,21,22,23). The minimum atomic E-state index is 0.622. The molecule has 0 fully saturated rings. The zero-order valence-corrected chi connectivity index (χ0v) is 17.1. The van der Waals surface area contributed by atoms with Crippen molar-refractivity contribution in [2.45, 2.75) is 53.8 Å². The fourth-order valence-electron chi connectivity index (χ4n) is 2.46. The van der Waals surface area contributed by atoms with Gasteiger partial charge in [0.05, 0.1) is 25.4 Å². The highest BCUT2D eigenvalue weighted by Gasteiger charge is 2.06. The molecule has 1 aromatic carbocycles. The average Bonchev–Trinajstić information content (AvgIpc) is 2.96. The molecule has 2 N–H and O–H groups in total. The van der Waals surface area contributed by atoms with E-state index in [0.29, 0.717) is 19.7 Å². The summed E-state index contributed by atoms with van der Waals surface area (Å²) in [5, 5.41) is 7.76. The van der Waals surface area contributed by atoms with Crippen LogP contribution < -0.4 is 10.6 Å². The third-order valence-corrected chi connectivity index (χ3v) is 5.03. The molecular formula is C20H30N4OS. The zero-order valence-electron chi connectivity index (χ0n) is 16.3. The van der Waals surface area contributed by atoms with E-state index < -0.39 is 0 Å². The van der Waals surface area contributed by atoms with E-state index in [1.165, 1.54) is 16.0 Å². The van der Waals surface area contributed by atoms with Gasteiger partial charge in [0.2, 0.25) is 0 Å². The number of aromatic nitrogens is 1. The van der Waals surface area contributed by atoms with Crippen molar-refractivity contribution in [3.8, 4) is 0 Å². The molecule has 0 unspecified atom stereocenters. The molecule has 0 aliphatic rings. The molecule has 0 saturated heterocycles. The summed E-state index contributed by atoms with van der Waals surface area (Å²) in [5.41, 5.74) is 3.50. The highest BCUT2D eigenvalue weighted by Crippen LogP contribution is 2.16. The van der Waals surface area contributed by atoms with E-state index in [9.17, 15) is 0 Å². The van der Waals surface area contributed by atoms with Crippen LogP contribution in [0.15, 0.2) is 29.3 Å². The number of nitrogens with one attached hydrogen (secondary N) is 2. The highest BCUT2D eigenvalue weighted by atomic mass is 32.1. The zero-order chi connectivity index (χ0) is 18.8. The molecule has 2 rings (SSSR count). The molecule has 0 spiro atoms. The Morgan fingerprint density at radius 3 is 2.58 bits per heavy atom. The fourth-order valence-corrected chi connectivity index (χ4v) is 3.33. The molecular weight excluding hydrogens is 344 g/mol. The lowest BCUT2D eigenvalue weighted by molar-refractivity contribution is 0.121. The topological polar surface area (TPSA) is 58.5 Å². The quantitative estimate of drug-likeness (QED) is 0.396. The monoisotopic (exact) mass is 374 g/mol. The van der Waals surface area contributed by atoms with Crippen LogP contribution in [0.4, 0.5) is 0 Å². The smallest absolute Gasteiger partial charge is 0.191 e. The summed E-state index contributed by atoms with van der Waals surface area (Å²) in [4.78, 5) is 10.6. The number of rotatable bonds is 9. The molecule has 0 amide bonds. The van der Waals surface area contributed by atoms with Gasteiger partial charge in [0, 0.05) is 18.0 Å². The number of benzene rings is 1. The van der Waals surface area contributed by atoms with Crippen LogP contribution in [0, 0.1) is 13.8 Å². The molecule has 0 saturated carbocycles. The normalized spacial score (nSPS) is 11.6. The Kier molecular flexibility index (Phi) is 8.58. The number of guanidine groups is 1. The van der Waals surface area contributed by atoms with Crippen molar-refractivity contribution < 1.29 is 4.74 Å². The largest absolute Gasteiger partial charge is 0.377 e. The van der Waals surface area contributed by atoms with Gasteiger partial charge in [0.1, 0.15) is 5.01 Å². The van der Waals surface area contributed by atoms with Crippen LogP contribution in [0.1, 0.15) is 47.0 Å². The molecule has 1 heterocycles. The van der Waals surface area contributed by atoms with Crippen LogP contribution in [0.25, 0.3) is 0 Å². The first kappa shape index (κ1) is 20.4. The first-order chi connectivity index (χ1) is 12.6. The summed E-state index contributed by atoms with van der Waals surface area (Å²) in [6.07, 6.45) is 1.03. The number of aliphatic imine (C=N–C) groups is 1. The molecule has 142 valence electrons. The highest BCUT2D eigenvalue weighted by molar-refractivity contribution is 7.11. The van der Waals surface area contributed by atoms with Gasteiger partial charge in [-0.3, -0.25) is 0 Å². The van der Waals surface area contributed by atoms with Gasteiger partial charge in [-0.1, -0.05) is 31.2 Å². The molecule has 0 bridgehead atoms. The van der Waals surface area contributed by atoms with Crippen LogP contribution in [0.3, 0.4) is 0 Å². The van der Waals surface area contributed by atoms with E-state index >= 15 is 0 Å². The van der Waals surface area contributed by atoms with E-state index in [-0.39, 0.29) is 0 Å². The number of hydrogen-bond acceptors (Lipinski definition) is 4. The maximum Gasteiger partial charge on any atom is 0.191 e. The number of nitrogens with zero attached hydrogens (tertiary/aromatic N) is 2. The predicted molar refractivity (Wildman–Crippen MR) is 110 cm³/mol. The summed E-state index contributed by atoms with van der Waals surface area (Å²) in [6.45, 7) is 11.9. The summed E-state index contributed by atoms with van der Waals surface area (Å²) >= 11 is 1.73. The Hall–Kier alpha value is -1.92. The van der Waals surface area contributed by atoms with Crippen LogP contribution in [0.5, 0.6) is 0 Å². The Bertz CT molecular complexity index is 692. The first-order valence-corrected chi connectivity index (χ1v) is 10.0. The second kappa shape index (κ2) is 10.9. The molecule has 0 radical (unpaired) electrons. The van der Waals surface area contributed by atoms with Crippen molar-refractivity contribution in [3.05, 3.63) is 51.0 Å². The van der Waals surface area contributed by atoms with Crippen LogP contribution in [-0.2, 0) is 24.4 Å². The Morgan fingerprint density at radius 2 is 1.92 bits per heavy atom. The summed E-state index contributed by atoms with van der Waals surface area (Å²) < 4.78 is 5.70. The number of ether oxygens (including phenoxy) is 1. The predicted octanol–water partition coefficient (Wildman–Crippen LogP) is 3.94. The molecule has 26 heavy (non-hydrogen) atoms. The molecule has 2 aromatic rings. The maximum absolute atomic E-state index is 5.70. The van der Waals surface area contributed by atoms with Gasteiger partial charge < -0.3 is 15.4 Å². The number of thiazole rings is 1. The number of hydrogen-bond donors (Lipinski definition) is 2. The lowest BCUT2D eigenvalue weighted by Crippen LogP contribution is -2.36. The third-order valence-electron chi connectivity index (χ3n) is 3.96. The second-order valence-corrected chi connectivity index (χ2v) is 7.41. The minimum Gasteiger partial charge on any atom is -0.377 e. The van der Waals surface area contributed by atoms with Crippen LogP contribution in [-0.4, -0.2) is 24.1 Å². The van der Waals surface area contributed by atoms with Crippen molar-refractivity contribution in [1.29, 1.82) is 0 Å². The molecule has 0 aliphatic heterocycles. The van der Waals surface area contributed by atoms with E-state index in [2.05, 4.69) is 60.7 Å². The van der Waals surface area contributed by atoms with Crippen molar-refractivity contribution in [3.63, 3.8) is 0 Å². The van der Waals surface area contributed by atoms with Gasteiger partial charge in [-0.05, 0) is 38.3 Å². The lowest BCUT2D eigenvalue weighted by atomic mass is 10.1. The Balaban J connectivity index is 1.99. The van der Waals surface area contributed by atoms with Crippen molar-refractivity contribution >= 4 is 17.3 Å². The first-order valence-electron chi connectivity index (χ1n) is 9.23. The average molecular weight is 375 g/mol. The van der Waals surface area contributed by atoms with Gasteiger partial charge in [-0.15, -0.1) is 11.3 Å². The molecule has 1 aromatic heterocycles. The van der Waals surface area contributed by atoms with E-state index in [1.54, 1.807) is 11.3 Å². The van der Waals surface area contributed by atoms with Crippen LogP contribution in [0.2, 0.25) is 0 Å².